The van der Waals surface area contributed by atoms with Gasteiger partial charge in [0.25, 0.3) is 5.56 Å². The van der Waals surface area contributed by atoms with Crippen LogP contribution in [0.4, 0.5) is 0 Å². The molecule has 18 heavy (non-hydrogen) atoms. The van der Waals surface area contributed by atoms with Crippen LogP contribution in [0.25, 0.3) is 0 Å². The molecule has 0 aliphatic carbocycles. The first-order chi connectivity index (χ1) is 8.42. The zero-order chi connectivity index (χ0) is 13.7. The highest BCUT2D eigenvalue weighted by Crippen LogP contribution is 2.01. The summed E-state index contributed by atoms with van der Waals surface area (Å²) < 4.78 is 0. The molecule has 0 fully saturated rings. The number of nitrogens with one attached hydrogen (secondary N) is 3. The van der Waals surface area contributed by atoms with Crippen molar-refractivity contribution >= 4 is 5.91 Å². The summed E-state index contributed by atoms with van der Waals surface area (Å²) in [6.07, 6.45) is -0.0817. The Balaban J connectivity index is 2.65. The van der Waals surface area contributed by atoms with Crippen LogP contribution in [-0.4, -0.2) is 33.6 Å². The highest BCUT2D eigenvalue weighted by atomic mass is 16.3. The average molecular weight is 255 g/mol. The molecule has 100 valence electrons. The first kappa shape index (κ1) is 14.2. The summed E-state index contributed by atoms with van der Waals surface area (Å²) in [5, 5.41) is 11.6. The molecular formula is C11H17N3O4. The molecule has 2 atom stereocenters. The number of aliphatic hydroxyl groups is 1. The van der Waals surface area contributed by atoms with Crippen molar-refractivity contribution in [2.75, 3.05) is 6.61 Å². The molecule has 0 aliphatic rings. The van der Waals surface area contributed by atoms with Crippen LogP contribution in [-0.2, 0) is 11.2 Å². The van der Waals surface area contributed by atoms with Gasteiger partial charge in [-0.15, -0.1) is 0 Å². The van der Waals surface area contributed by atoms with Crippen LogP contribution in [0.2, 0.25) is 0 Å². The van der Waals surface area contributed by atoms with Gasteiger partial charge in [-0.2, -0.15) is 0 Å². The summed E-state index contributed by atoms with van der Waals surface area (Å²) in [4.78, 5) is 38.1. The molecule has 0 saturated carbocycles. The fraction of sp³-hybridized carbons (Fsp3) is 0.545. The number of hydrogen-bond donors (Lipinski definition) is 4. The summed E-state index contributed by atoms with van der Waals surface area (Å²) in [7, 11) is 0. The lowest BCUT2D eigenvalue weighted by Crippen LogP contribution is -2.39. The van der Waals surface area contributed by atoms with Crippen LogP contribution in [0.15, 0.2) is 15.7 Å². The molecule has 7 nitrogen and oxygen atoms in total. The molecule has 0 bridgehead atoms. The third kappa shape index (κ3) is 4.17. The summed E-state index contributed by atoms with van der Waals surface area (Å²) in [5.41, 5.74) is -0.925. The molecule has 0 saturated heterocycles. The Morgan fingerprint density at radius 1 is 1.39 bits per heavy atom. The lowest BCUT2D eigenvalue weighted by Gasteiger charge is -2.19. The summed E-state index contributed by atoms with van der Waals surface area (Å²) in [5.74, 6) is -0.378. The van der Waals surface area contributed by atoms with Crippen molar-refractivity contribution in [3.05, 3.63) is 32.6 Å². The maximum Gasteiger partial charge on any atom is 0.325 e. The second kappa shape index (κ2) is 6.15. The van der Waals surface area contributed by atoms with Gasteiger partial charge in [-0.3, -0.25) is 14.6 Å². The summed E-state index contributed by atoms with van der Waals surface area (Å²) >= 11 is 0. The van der Waals surface area contributed by atoms with Crippen molar-refractivity contribution < 1.29 is 9.90 Å². The molecule has 1 rings (SSSR count). The van der Waals surface area contributed by atoms with E-state index in [1.54, 1.807) is 13.8 Å². The van der Waals surface area contributed by atoms with Crippen molar-refractivity contribution in [2.45, 2.75) is 26.3 Å². The van der Waals surface area contributed by atoms with Crippen LogP contribution in [0, 0.1) is 5.92 Å². The average Bonchev–Trinajstić information content (AvgIpc) is 2.25. The van der Waals surface area contributed by atoms with Crippen LogP contribution in [0.1, 0.15) is 19.5 Å². The van der Waals surface area contributed by atoms with E-state index in [1.807, 2.05) is 4.98 Å². The largest absolute Gasteiger partial charge is 0.396 e. The number of aliphatic hydroxyl groups excluding tert-OH is 1. The fourth-order valence-electron chi connectivity index (χ4n) is 1.39. The molecule has 1 heterocycles. The van der Waals surface area contributed by atoms with Gasteiger partial charge in [-0.1, -0.05) is 6.92 Å². The van der Waals surface area contributed by atoms with E-state index in [0.29, 0.717) is 0 Å². The quantitative estimate of drug-likeness (QED) is 0.525. The van der Waals surface area contributed by atoms with E-state index in [0.717, 1.165) is 0 Å². The molecule has 1 aromatic heterocycles. The number of H-pyrrole nitrogens is 2. The second-order valence-corrected chi connectivity index (χ2v) is 4.31. The van der Waals surface area contributed by atoms with Crippen LogP contribution < -0.4 is 16.6 Å². The van der Waals surface area contributed by atoms with E-state index in [-0.39, 0.29) is 36.6 Å². The van der Waals surface area contributed by atoms with E-state index in [9.17, 15) is 14.4 Å². The lowest BCUT2D eigenvalue weighted by atomic mass is 10.1. The van der Waals surface area contributed by atoms with Crippen molar-refractivity contribution in [1.29, 1.82) is 0 Å². The van der Waals surface area contributed by atoms with E-state index in [4.69, 9.17) is 5.11 Å². The van der Waals surface area contributed by atoms with Gasteiger partial charge in [0.05, 0.1) is 6.42 Å². The topological polar surface area (TPSA) is 115 Å². The number of carbonyl (C=O) groups is 1. The van der Waals surface area contributed by atoms with E-state index in [2.05, 4.69) is 10.3 Å². The molecule has 0 spiro atoms. The Hall–Kier alpha value is -1.89. The maximum atomic E-state index is 11.6. The second-order valence-electron chi connectivity index (χ2n) is 4.31. The number of rotatable bonds is 5. The standard InChI is InChI=1S/C11H17N3O4/c1-6(5-15)7(2)12-9(16)3-8-4-10(17)14-11(18)13-8/h4,6-7,15H,3,5H2,1-2H3,(H,12,16)(H2,13,14,17,18). The van der Waals surface area contributed by atoms with E-state index < -0.39 is 11.2 Å². The summed E-state index contributed by atoms with van der Waals surface area (Å²) in [6.45, 7) is 3.56. The van der Waals surface area contributed by atoms with Gasteiger partial charge in [-0.25, -0.2) is 4.79 Å². The Kier molecular flexibility index (Phi) is 4.85. The van der Waals surface area contributed by atoms with E-state index >= 15 is 0 Å². The number of hydrogen-bond acceptors (Lipinski definition) is 4. The van der Waals surface area contributed by atoms with E-state index in [1.165, 1.54) is 6.07 Å². The highest BCUT2D eigenvalue weighted by Gasteiger charge is 2.14. The minimum Gasteiger partial charge on any atom is -0.396 e. The zero-order valence-corrected chi connectivity index (χ0v) is 10.3. The lowest BCUT2D eigenvalue weighted by molar-refractivity contribution is -0.121. The smallest absolute Gasteiger partial charge is 0.325 e. The summed E-state index contributed by atoms with van der Waals surface area (Å²) in [6, 6.07) is 0.984. The monoisotopic (exact) mass is 255 g/mol. The van der Waals surface area contributed by atoms with Crippen molar-refractivity contribution in [3.63, 3.8) is 0 Å². The van der Waals surface area contributed by atoms with Gasteiger partial charge < -0.3 is 15.4 Å². The van der Waals surface area contributed by atoms with Gasteiger partial charge in [0, 0.05) is 24.4 Å². The minimum absolute atomic E-state index is 0.0245. The molecule has 0 aromatic carbocycles. The molecule has 4 N–H and O–H groups in total. The molecule has 7 heteroatoms. The number of carbonyl (C=O) groups excluding carboxylic acids is 1. The van der Waals surface area contributed by atoms with Gasteiger partial charge in [-0.05, 0) is 12.8 Å². The zero-order valence-electron chi connectivity index (χ0n) is 10.3. The Bertz CT molecular complexity index is 491. The number of amides is 1. The molecule has 1 amide bonds. The third-order valence-electron chi connectivity index (χ3n) is 2.70. The van der Waals surface area contributed by atoms with Gasteiger partial charge in [0.1, 0.15) is 0 Å². The Morgan fingerprint density at radius 2 is 2.06 bits per heavy atom. The number of aromatic nitrogens is 2. The van der Waals surface area contributed by atoms with Gasteiger partial charge in [0.2, 0.25) is 5.91 Å². The van der Waals surface area contributed by atoms with Crippen molar-refractivity contribution in [2.24, 2.45) is 5.92 Å². The maximum absolute atomic E-state index is 11.6. The molecule has 1 aromatic rings. The van der Waals surface area contributed by atoms with Crippen molar-refractivity contribution in [3.8, 4) is 0 Å². The van der Waals surface area contributed by atoms with Gasteiger partial charge in [0.15, 0.2) is 0 Å². The van der Waals surface area contributed by atoms with Crippen LogP contribution >= 0.6 is 0 Å². The fourth-order valence-corrected chi connectivity index (χ4v) is 1.39. The molecule has 2 unspecified atom stereocenters. The van der Waals surface area contributed by atoms with Gasteiger partial charge >= 0.3 is 5.69 Å². The van der Waals surface area contributed by atoms with Crippen LogP contribution in [0.5, 0.6) is 0 Å². The first-order valence-corrected chi connectivity index (χ1v) is 5.65. The highest BCUT2D eigenvalue weighted by molar-refractivity contribution is 5.78. The normalized spacial score (nSPS) is 13.9. The number of aromatic amines is 2. The van der Waals surface area contributed by atoms with Crippen LogP contribution in [0.3, 0.4) is 0 Å². The minimum atomic E-state index is -0.637. The molecule has 0 radical (unpaired) electrons. The predicted octanol–water partition coefficient (Wildman–Crippen LogP) is -1.26. The molecule has 0 aliphatic heterocycles. The predicted molar refractivity (Wildman–Crippen MR) is 65.2 cm³/mol. The first-order valence-electron chi connectivity index (χ1n) is 5.65. The Morgan fingerprint density at radius 3 is 2.61 bits per heavy atom. The van der Waals surface area contributed by atoms with Crippen molar-refractivity contribution in [1.82, 2.24) is 15.3 Å². The Labute approximate surface area is 103 Å². The SMILES string of the molecule is CC(CO)C(C)NC(=O)Cc1cc(=O)[nH]c(=O)[nH]1. The molecular weight excluding hydrogens is 238 g/mol. The third-order valence-corrected chi connectivity index (χ3v) is 2.70.